The molecule has 0 bridgehead atoms. The number of hydrogen-bond donors (Lipinski definition) is 1. The van der Waals surface area contributed by atoms with Crippen LogP contribution in [0.25, 0.3) is 0 Å². The Hall–Kier alpha value is -0.900. The van der Waals surface area contributed by atoms with Gasteiger partial charge in [0, 0.05) is 12.0 Å². The van der Waals surface area contributed by atoms with Crippen molar-refractivity contribution < 1.29 is 4.52 Å². The second kappa shape index (κ2) is 5.63. The summed E-state index contributed by atoms with van der Waals surface area (Å²) in [7, 11) is 0. The molecule has 1 aliphatic rings. The Morgan fingerprint density at radius 2 is 2.12 bits per heavy atom. The fourth-order valence-electron chi connectivity index (χ4n) is 2.42. The van der Waals surface area contributed by atoms with Gasteiger partial charge in [-0.2, -0.15) is 4.98 Å². The van der Waals surface area contributed by atoms with Gasteiger partial charge in [0.05, 0.1) is 5.92 Å². The molecule has 0 aromatic carbocycles. The van der Waals surface area contributed by atoms with Gasteiger partial charge in [0.1, 0.15) is 0 Å². The second-order valence-corrected chi connectivity index (χ2v) is 5.21. The minimum absolute atomic E-state index is 0.183. The fourth-order valence-corrected chi connectivity index (χ4v) is 2.42. The highest BCUT2D eigenvalue weighted by Crippen LogP contribution is 2.30. The minimum Gasteiger partial charge on any atom is -0.339 e. The molecule has 0 aliphatic heterocycles. The molecule has 1 aromatic rings. The minimum atomic E-state index is 0.183. The first kappa shape index (κ1) is 12.6. The van der Waals surface area contributed by atoms with Crippen LogP contribution in [0.3, 0.4) is 0 Å². The van der Waals surface area contributed by atoms with E-state index in [4.69, 9.17) is 10.3 Å². The molecule has 1 aromatic heterocycles. The van der Waals surface area contributed by atoms with E-state index < -0.39 is 0 Å². The van der Waals surface area contributed by atoms with Crippen molar-refractivity contribution in [1.29, 1.82) is 0 Å². The van der Waals surface area contributed by atoms with E-state index in [1.807, 2.05) is 0 Å². The Labute approximate surface area is 103 Å². The maximum absolute atomic E-state index is 6.20. The van der Waals surface area contributed by atoms with E-state index in [0.717, 1.165) is 31.0 Å². The van der Waals surface area contributed by atoms with E-state index in [2.05, 4.69) is 24.0 Å². The van der Waals surface area contributed by atoms with Gasteiger partial charge in [0.15, 0.2) is 5.82 Å². The molecule has 0 radical (unpaired) electrons. The van der Waals surface area contributed by atoms with E-state index in [0.29, 0.717) is 5.92 Å². The fraction of sp³-hybridized carbons (Fsp3) is 0.846. The Morgan fingerprint density at radius 1 is 1.35 bits per heavy atom. The molecule has 4 heteroatoms. The van der Waals surface area contributed by atoms with Crippen molar-refractivity contribution in [3.05, 3.63) is 11.7 Å². The van der Waals surface area contributed by atoms with Crippen LogP contribution in [0.15, 0.2) is 4.52 Å². The monoisotopic (exact) mass is 237 g/mol. The van der Waals surface area contributed by atoms with E-state index in [1.165, 1.54) is 19.3 Å². The lowest BCUT2D eigenvalue weighted by molar-refractivity contribution is 0.322. The Balaban J connectivity index is 2.12. The largest absolute Gasteiger partial charge is 0.339 e. The van der Waals surface area contributed by atoms with Crippen LogP contribution >= 0.6 is 0 Å². The van der Waals surface area contributed by atoms with Crippen LogP contribution in [0.2, 0.25) is 0 Å². The Morgan fingerprint density at radius 3 is 2.88 bits per heavy atom. The lowest BCUT2D eigenvalue weighted by atomic mass is 9.95. The van der Waals surface area contributed by atoms with Gasteiger partial charge in [-0.1, -0.05) is 38.3 Å². The van der Waals surface area contributed by atoms with Crippen molar-refractivity contribution in [2.45, 2.75) is 70.3 Å². The van der Waals surface area contributed by atoms with Gasteiger partial charge in [-0.15, -0.1) is 0 Å². The standard InChI is InChI=1S/C13H23N3O/c1-3-9(2)12-15-13(17-16-12)10-7-5-4-6-8-11(10)14/h9-11H,3-8,14H2,1-2H3. The van der Waals surface area contributed by atoms with Crippen LogP contribution in [0.4, 0.5) is 0 Å². The summed E-state index contributed by atoms with van der Waals surface area (Å²) >= 11 is 0. The normalized spacial score (nSPS) is 27.7. The van der Waals surface area contributed by atoms with Crippen LogP contribution in [-0.2, 0) is 0 Å². The van der Waals surface area contributed by atoms with Crippen LogP contribution in [0.1, 0.15) is 75.9 Å². The summed E-state index contributed by atoms with van der Waals surface area (Å²) in [6, 6.07) is 0.183. The molecular formula is C13H23N3O. The number of nitrogens with two attached hydrogens (primary N) is 1. The van der Waals surface area contributed by atoms with Crippen molar-refractivity contribution in [2.75, 3.05) is 0 Å². The zero-order valence-electron chi connectivity index (χ0n) is 10.9. The van der Waals surface area contributed by atoms with Crippen LogP contribution in [0, 0.1) is 0 Å². The number of hydrogen-bond acceptors (Lipinski definition) is 4. The summed E-state index contributed by atoms with van der Waals surface area (Å²) in [5, 5.41) is 4.09. The van der Waals surface area contributed by atoms with Crippen LogP contribution < -0.4 is 5.73 Å². The molecule has 1 fully saturated rings. The molecule has 17 heavy (non-hydrogen) atoms. The Bertz CT molecular complexity index is 350. The average Bonchev–Trinajstić information content (AvgIpc) is 2.72. The molecule has 4 nitrogen and oxygen atoms in total. The molecule has 2 N–H and O–H groups in total. The van der Waals surface area contributed by atoms with Crippen molar-refractivity contribution in [3.8, 4) is 0 Å². The first-order valence-electron chi connectivity index (χ1n) is 6.81. The lowest BCUT2D eigenvalue weighted by Gasteiger charge is -2.16. The van der Waals surface area contributed by atoms with Crippen molar-refractivity contribution >= 4 is 0 Å². The quantitative estimate of drug-likeness (QED) is 0.821. The van der Waals surface area contributed by atoms with Gasteiger partial charge in [0.2, 0.25) is 5.89 Å². The summed E-state index contributed by atoms with van der Waals surface area (Å²) in [5.41, 5.74) is 6.20. The van der Waals surface area contributed by atoms with Gasteiger partial charge < -0.3 is 10.3 Å². The third-order valence-electron chi connectivity index (χ3n) is 3.90. The maximum atomic E-state index is 6.20. The average molecular weight is 237 g/mol. The van der Waals surface area contributed by atoms with Crippen LogP contribution in [0.5, 0.6) is 0 Å². The maximum Gasteiger partial charge on any atom is 0.231 e. The highest BCUT2D eigenvalue weighted by Gasteiger charge is 2.27. The van der Waals surface area contributed by atoms with Gasteiger partial charge >= 0.3 is 0 Å². The molecule has 1 heterocycles. The molecule has 1 saturated carbocycles. The molecule has 0 spiro atoms. The first-order valence-corrected chi connectivity index (χ1v) is 6.81. The summed E-state index contributed by atoms with van der Waals surface area (Å²) in [4.78, 5) is 4.54. The molecule has 3 atom stereocenters. The lowest BCUT2D eigenvalue weighted by Crippen LogP contribution is -2.27. The van der Waals surface area contributed by atoms with E-state index in [-0.39, 0.29) is 12.0 Å². The van der Waals surface area contributed by atoms with Gasteiger partial charge in [-0.3, -0.25) is 0 Å². The first-order chi connectivity index (χ1) is 8.22. The van der Waals surface area contributed by atoms with Crippen molar-refractivity contribution in [2.24, 2.45) is 5.73 Å². The topological polar surface area (TPSA) is 64.9 Å². The SMILES string of the molecule is CCC(C)c1noc(C2CCCCCC2N)n1. The third-order valence-corrected chi connectivity index (χ3v) is 3.90. The smallest absolute Gasteiger partial charge is 0.231 e. The summed E-state index contributed by atoms with van der Waals surface area (Å²) < 4.78 is 5.41. The van der Waals surface area contributed by atoms with Gasteiger partial charge in [-0.05, 0) is 19.3 Å². The molecule has 0 saturated heterocycles. The van der Waals surface area contributed by atoms with Crippen LogP contribution in [-0.4, -0.2) is 16.2 Å². The Kier molecular flexibility index (Phi) is 4.15. The molecule has 3 unspecified atom stereocenters. The number of nitrogens with zero attached hydrogens (tertiary/aromatic N) is 2. The van der Waals surface area contributed by atoms with Crippen molar-refractivity contribution in [3.63, 3.8) is 0 Å². The number of aromatic nitrogens is 2. The van der Waals surface area contributed by atoms with Gasteiger partial charge in [-0.25, -0.2) is 0 Å². The second-order valence-electron chi connectivity index (χ2n) is 5.21. The zero-order chi connectivity index (χ0) is 12.3. The van der Waals surface area contributed by atoms with Gasteiger partial charge in [0.25, 0.3) is 0 Å². The number of rotatable bonds is 3. The molecule has 96 valence electrons. The predicted octanol–water partition coefficient (Wildman–Crippen LogP) is 2.96. The van der Waals surface area contributed by atoms with Crippen molar-refractivity contribution in [1.82, 2.24) is 10.1 Å². The molecule has 0 amide bonds. The van der Waals surface area contributed by atoms with E-state index in [1.54, 1.807) is 0 Å². The third kappa shape index (κ3) is 2.86. The summed E-state index contributed by atoms with van der Waals surface area (Å²) in [5.74, 6) is 2.23. The summed E-state index contributed by atoms with van der Waals surface area (Å²) in [6.45, 7) is 4.26. The zero-order valence-corrected chi connectivity index (χ0v) is 10.9. The highest BCUT2D eigenvalue weighted by molar-refractivity contribution is 5.02. The van der Waals surface area contributed by atoms with E-state index >= 15 is 0 Å². The predicted molar refractivity (Wildman–Crippen MR) is 66.8 cm³/mol. The molecular weight excluding hydrogens is 214 g/mol. The molecule has 1 aliphatic carbocycles. The van der Waals surface area contributed by atoms with E-state index in [9.17, 15) is 0 Å². The summed E-state index contributed by atoms with van der Waals surface area (Å²) in [6.07, 6.45) is 6.92. The highest BCUT2D eigenvalue weighted by atomic mass is 16.5. The molecule has 2 rings (SSSR count).